The number of halogens is 3. The molecular weight excluding hydrogens is 430 g/mol. The SMILES string of the molecule is O=C(Nc1ccc2c(c1)N(Cc1cccc(Cl)c1)C(=O)CO2)c1c(F)cccc1Cl. The molecule has 0 radical (unpaired) electrons. The van der Waals surface area contributed by atoms with E-state index in [1.807, 2.05) is 6.07 Å². The van der Waals surface area contributed by atoms with Crippen LogP contribution >= 0.6 is 23.2 Å². The molecule has 4 rings (SSSR count). The van der Waals surface area contributed by atoms with Crippen molar-refractivity contribution in [3.8, 4) is 5.75 Å². The highest BCUT2D eigenvalue weighted by Crippen LogP contribution is 2.36. The van der Waals surface area contributed by atoms with Crippen molar-refractivity contribution in [2.75, 3.05) is 16.8 Å². The van der Waals surface area contributed by atoms with Gasteiger partial charge in [-0.15, -0.1) is 0 Å². The van der Waals surface area contributed by atoms with Gasteiger partial charge in [-0.1, -0.05) is 41.4 Å². The van der Waals surface area contributed by atoms with E-state index in [4.69, 9.17) is 27.9 Å². The van der Waals surface area contributed by atoms with Crippen LogP contribution in [0.15, 0.2) is 60.7 Å². The Bertz CT molecular complexity index is 1130. The first-order chi connectivity index (χ1) is 14.4. The lowest BCUT2D eigenvalue weighted by Crippen LogP contribution is -2.38. The molecule has 2 amide bonds. The Morgan fingerprint density at radius 3 is 2.67 bits per heavy atom. The number of hydrogen-bond donors (Lipinski definition) is 1. The number of rotatable bonds is 4. The third kappa shape index (κ3) is 4.10. The maximum atomic E-state index is 14.0. The summed E-state index contributed by atoms with van der Waals surface area (Å²) >= 11 is 12.0. The number of fused-ring (bicyclic) bond motifs is 1. The van der Waals surface area contributed by atoms with Crippen molar-refractivity contribution >= 4 is 46.4 Å². The Morgan fingerprint density at radius 1 is 1.10 bits per heavy atom. The number of nitrogens with one attached hydrogen (secondary N) is 1. The van der Waals surface area contributed by atoms with Gasteiger partial charge in [0, 0.05) is 10.7 Å². The third-order valence-electron chi connectivity index (χ3n) is 4.58. The first-order valence-electron chi connectivity index (χ1n) is 8.99. The lowest BCUT2D eigenvalue weighted by atomic mass is 10.1. The van der Waals surface area contributed by atoms with Gasteiger partial charge in [0.15, 0.2) is 6.61 Å². The van der Waals surface area contributed by atoms with Crippen LogP contribution in [-0.2, 0) is 11.3 Å². The molecule has 3 aromatic carbocycles. The normalized spacial score (nSPS) is 12.9. The number of hydrogen-bond acceptors (Lipinski definition) is 3. The fourth-order valence-electron chi connectivity index (χ4n) is 3.18. The first-order valence-corrected chi connectivity index (χ1v) is 9.75. The van der Waals surface area contributed by atoms with Crippen LogP contribution in [0.25, 0.3) is 0 Å². The highest BCUT2D eigenvalue weighted by molar-refractivity contribution is 6.34. The summed E-state index contributed by atoms with van der Waals surface area (Å²) in [6, 6.07) is 16.1. The van der Waals surface area contributed by atoms with Crippen LogP contribution in [0.4, 0.5) is 15.8 Å². The Balaban J connectivity index is 1.63. The predicted octanol–water partition coefficient (Wildman–Crippen LogP) is 5.31. The van der Waals surface area contributed by atoms with Crippen LogP contribution < -0.4 is 15.0 Å². The number of benzene rings is 3. The third-order valence-corrected chi connectivity index (χ3v) is 5.13. The van der Waals surface area contributed by atoms with Gasteiger partial charge in [-0.25, -0.2) is 4.39 Å². The fraction of sp³-hybridized carbons (Fsp3) is 0.0909. The molecule has 3 aromatic rings. The van der Waals surface area contributed by atoms with Gasteiger partial charge in [-0.3, -0.25) is 9.59 Å². The Labute approximate surface area is 182 Å². The van der Waals surface area contributed by atoms with E-state index >= 15 is 0 Å². The lowest BCUT2D eigenvalue weighted by Gasteiger charge is -2.30. The van der Waals surface area contributed by atoms with Gasteiger partial charge in [-0.05, 0) is 48.0 Å². The molecule has 0 aromatic heterocycles. The van der Waals surface area contributed by atoms with Crippen molar-refractivity contribution < 1.29 is 18.7 Å². The predicted molar refractivity (Wildman–Crippen MR) is 114 cm³/mol. The highest BCUT2D eigenvalue weighted by atomic mass is 35.5. The summed E-state index contributed by atoms with van der Waals surface area (Å²) in [7, 11) is 0. The molecule has 1 aliphatic heterocycles. The molecule has 0 saturated carbocycles. The summed E-state index contributed by atoms with van der Waals surface area (Å²) in [6.07, 6.45) is 0. The molecule has 1 heterocycles. The fourth-order valence-corrected chi connectivity index (χ4v) is 3.64. The average Bonchev–Trinajstić information content (AvgIpc) is 2.70. The molecule has 0 fully saturated rings. The molecule has 0 aliphatic carbocycles. The zero-order valence-corrected chi connectivity index (χ0v) is 17.0. The molecule has 8 heteroatoms. The number of carbonyl (C=O) groups is 2. The van der Waals surface area contributed by atoms with E-state index in [1.54, 1.807) is 41.3 Å². The van der Waals surface area contributed by atoms with Gasteiger partial charge < -0.3 is 15.0 Å². The summed E-state index contributed by atoms with van der Waals surface area (Å²) in [5.74, 6) is -1.15. The Kier molecular flexibility index (Phi) is 5.61. The zero-order chi connectivity index (χ0) is 21.3. The van der Waals surface area contributed by atoms with Crippen LogP contribution in [0, 0.1) is 5.82 Å². The minimum Gasteiger partial charge on any atom is -0.482 e. The van der Waals surface area contributed by atoms with Gasteiger partial charge in [0.05, 0.1) is 22.8 Å². The number of amides is 2. The minimum absolute atomic E-state index is 0.00607. The number of nitrogens with zero attached hydrogens (tertiary/aromatic N) is 1. The summed E-state index contributed by atoms with van der Waals surface area (Å²) in [6.45, 7) is 0.191. The van der Waals surface area contributed by atoms with Crippen LogP contribution in [0.3, 0.4) is 0 Å². The van der Waals surface area contributed by atoms with Gasteiger partial charge in [0.2, 0.25) is 0 Å². The number of ether oxygens (including phenoxy) is 1. The van der Waals surface area contributed by atoms with Crippen molar-refractivity contribution in [1.29, 1.82) is 0 Å². The summed E-state index contributed by atoms with van der Waals surface area (Å²) in [5, 5.41) is 3.19. The maximum Gasteiger partial charge on any atom is 0.265 e. The van der Waals surface area contributed by atoms with Crippen molar-refractivity contribution in [3.05, 3.63) is 87.7 Å². The van der Waals surface area contributed by atoms with Crippen LogP contribution in [0.1, 0.15) is 15.9 Å². The van der Waals surface area contributed by atoms with Gasteiger partial charge in [-0.2, -0.15) is 0 Å². The van der Waals surface area contributed by atoms with E-state index < -0.39 is 11.7 Å². The molecule has 0 atom stereocenters. The van der Waals surface area contributed by atoms with E-state index in [1.165, 1.54) is 12.1 Å². The van der Waals surface area contributed by atoms with Gasteiger partial charge in [0.1, 0.15) is 11.6 Å². The summed E-state index contributed by atoms with van der Waals surface area (Å²) < 4.78 is 19.5. The highest BCUT2D eigenvalue weighted by Gasteiger charge is 2.26. The molecule has 30 heavy (non-hydrogen) atoms. The van der Waals surface area contributed by atoms with Crippen LogP contribution in [0.5, 0.6) is 5.75 Å². The smallest absolute Gasteiger partial charge is 0.265 e. The van der Waals surface area contributed by atoms with Crippen molar-refractivity contribution in [1.82, 2.24) is 0 Å². The second-order valence-electron chi connectivity index (χ2n) is 6.63. The van der Waals surface area contributed by atoms with Crippen molar-refractivity contribution in [2.45, 2.75) is 6.54 Å². The molecule has 0 spiro atoms. The molecule has 0 bridgehead atoms. The molecule has 1 aliphatic rings. The van der Waals surface area contributed by atoms with E-state index in [2.05, 4.69) is 5.32 Å². The van der Waals surface area contributed by atoms with E-state index in [9.17, 15) is 14.0 Å². The van der Waals surface area contributed by atoms with Crippen LogP contribution in [-0.4, -0.2) is 18.4 Å². The minimum atomic E-state index is -0.723. The lowest BCUT2D eigenvalue weighted by molar-refractivity contribution is -0.121. The van der Waals surface area contributed by atoms with Gasteiger partial charge in [0.25, 0.3) is 11.8 Å². The molecule has 0 saturated heterocycles. The number of carbonyl (C=O) groups excluding carboxylic acids is 2. The van der Waals surface area contributed by atoms with Crippen molar-refractivity contribution in [2.24, 2.45) is 0 Å². The maximum absolute atomic E-state index is 14.0. The standard InChI is InChI=1S/C22H15Cl2FN2O3/c23-14-4-1-3-13(9-14)11-27-18-10-15(7-8-19(18)30-12-20(27)28)26-22(29)21-16(24)5-2-6-17(21)25/h1-10H,11-12H2,(H,26,29). The van der Waals surface area contributed by atoms with E-state index in [0.717, 1.165) is 11.6 Å². The quantitative estimate of drug-likeness (QED) is 0.592. The van der Waals surface area contributed by atoms with E-state index in [0.29, 0.717) is 22.1 Å². The average molecular weight is 445 g/mol. The zero-order valence-electron chi connectivity index (χ0n) is 15.5. The monoisotopic (exact) mass is 444 g/mol. The summed E-state index contributed by atoms with van der Waals surface area (Å²) in [5.41, 5.74) is 1.45. The summed E-state index contributed by atoms with van der Waals surface area (Å²) in [4.78, 5) is 26.6. The topological polar surface area (TPSA) is 58.6 Å². The second kappa shape index (κ2) is 8.34. The molecule has 1 N–H and O–H groups in total. The second-order valence-corrected chi connectivity index (χ2v) is 7.48. The van der Waals surface area contributed by atoms with Crippen LogP contribution in [0.2, 0.25) is 10.0 Å². The Morgan fingerprint density at radius 2 is 1.90 bits per heavy atom. The molecular formula is C22H15Cl2FN2O3. The first kappa shape index (κ1) is 20.2. The van der Waals surface area contributed by atoms with E-state index in [-0.39, 0.29) is 29.6 Å². The number of anilines is 2. The molecule has 0 unspecified atom stereocenters. The Hall–Kier alpha value is -3.09. The van der Waals surface area contributed by atoms with Crippen molar-refractivity contribution in [3.63, 3.8) is 0 Å². The van der Waals surface area contributed by atoms with Gasteiger partial charge >= 0.3 is 0 Å². The molecule has 152 valence electrons. The largest absolute Gasteiger partial charge is 0.482 e. The molecule has 5 nitrogen and oxygen atoms in total.